The third-order valence-corrected chi connectivity index (χ3v) is 1.12. The highest BCUT2D eigenvalue weighted by Crippen LogP contribution is 1.95. The summed E-state index contributed by atoms with van der Waals surface area (Å²) < 4.78 is 0. The van der Waals surface area contributed by atoms with Crippen LogP contribution in [0.25, 0.3) is 0 Å². The van der Waals surface area contributed by atoms with Crippen LogP contribution in [0.3, 0.4) is 0 Å². The van der Waals surface area contributed by atoms with Crippen LogP contribution in [0.5, 0.6) is 0 Å². The number of allylic oxidation sites excluding steroid dienone is 3. The predicted octanol–water partition coefficient (Wildman–Crippen LogP) is 1.92. The first-order chi connectivity index (χ1) is 5.35. The molecule has 0 saturated carbocycles. The molecule has 0 amide bonds. The Morgan fingerprint density at radius 3 is 2.73 bits per heavy atom. The molecule has 2 heteroatoms. The smallest absolute Gasteiger partial charge is 0.0849 e. The van der Waals surface area contributed by atoms with Crippen LogP contribution < -0.4 is 0 Å². The van der Waals surface area contributed by atoms with Crippen LogP contribution in [0, 0.1) is 0 Å². The Labute approximate surface area is 68.0 Å². The highest BCUT2D eigenvalue weighted by Gasteiger charge is 1.85. The van der Waals surface area contributed by atoms with Crippen LogP contribution >= 0.6 is 0 Å². The molecule has 62 valence electrons. The van der Waals surface area contributed by atoms with Gasteiger partial charge in [-0.05, 0) is 19.4 Å². The molecule has 11 heavy (non-hydrogen) atoms. The molecule has 0 spiro atoms. The molecule has 0 saturated heterocycles. The van der Waals surface area contributed by atoms with Gasteiger partial charge in [0.25, 0.3) is 0 Å². The fraction of sp³-hybridized carbons (Fsp3) is 0.444. The number of aliphatic hydroxyl groups is 1. The number of aliphatic hydroxyl groups excluding tert-OH is 1. The highest BCUT2D eigenvalue weighted by molar-refractivity contribution is 5.71. The van der Waals surface area contributed by atoms with Gasteiger partial charge in [-0.1, -0.05) is 19.1 Å². The highest BCUT2D eigenvalue weighted by atomic mass is 16.3. The Hall–Kier alpha value is -0.890. The van der Waals surface area contributed by atoms with Crippen LogP contribution in [0.1, 0.15) is 20.3 Å². The maximum absolute atomic E-state index is 8.75. The monoisotopic (exact) mass is 153 g/mol. The minimum Gasteiger partial charge on any atom is -0.390 e. The fourth-order valence-corrected chi connectivity index (χ4v) is 0.619. The summed E-state index contributed by atoms with van der Waals surface area (Å²) in [6.45, 7) is 3.96. The van der Waals surface area contributed by atoms with Gasteiger partial charge in [0.2, 0.25) is 0 Å². The zero-order chi connectivity index (χ0) is 8.53. The van der Waals surface area contributed by atoms with E-state index in [9.17, 15) is 0 Å². The third kappa shape index (κ3) is 5.55. The molecule has 0 aromatic carbocycles. The summed E-state index contributed by atoms with van der Waals surface area (Å²) in [7, 11) is 0. The van der Waals surface area contributed by atoms with Gasteiger partial charge in [0.15, 0.2) is 0 Å². The lowest BCUT2D eigenvalue weighted by Crippen LogP contribution is -1.86. The van der Waals surface area contributed by atoms with E-state index < -0.39 is 0 Å². The maximum Gasteiger partial charge on any atom is 0.0849 e. The van der Waals surface area contributed by atoms with E-state index in [2.05, 4.69) is 4.99 Å². The Balaban J connectivity index is 3.96. The van der Waals surface area contributed by atoms with E-state index in [-0.39, 0.29) is 6.61 Å². The van der Waals surface area contributed by atoms with Crippen molar-refractivity contribution < 1.29 is 5.11 Å². The molecule has 0 aromatic heterocycles. The number of rotatable bonds is 4. The first-order valence-corrected chi connectivity index (χ1v) is 3.80. The van der Waals surface area contributed by atoms with Gasteiger partial charge >= 0.3 is 0 Å². The summed E-state index contributed by atoms with van der Waals surface area (Å²) in [6.07, 6.45) is 8.21. The van der Waals surface area contributed by atoms with Crippen molar-refractivity contribution in [2.24, 2.45) is 4.99 Å². The van der Waals surface area contributed by atoms with Crippen LogP contribution in [0.4, 0.5) is 0 Å². The molecule has 1 N–H and O–H groups in total. The Morgan fingerprint density at radius 1 is 1.55 bits per heavy atom. The predicted molar refractivity (Wildman–Crippen MR) is 48.8 cm³/mol. The number of aliphatic imine (C=N–C) groups is 1. The van der Waals surface area contributed by atoms with E-state index >= 15 is 0 Å². The van der Waals surface area contributed by atoms with Gasteiger partial charge in [0.1, 0.15) is 0 Å². The van der Waals surface area contributed by atoms with Gasteiger partial charge in [-0.25, -0.2) is 0 Å². The van der Waals surface area contributed by atoms with Crippen LogP contribution in [-0.4, -0.2) is 17.9 Å². The fourth-order valence-electron chi connectivity index (χ4n) is 0.619. The Morgan fingerprint density at radius 2 is 2.27 bits per heavy atom. The minimum atomic E-state index is 0.0158. The average Bonchev–Trinajstić information content (AvgIpc) is 2.03. The molecule has 0 unspecified atom stereocenters. The number of hydrogen-bond acceptors (Lipinski definition) is 2. The van der Waals surface area contributed by atoms with Gasteiger partial charge in [0.05, 0.1) is 12.3 Å². The summed E-state index contributed by atoms with van der Waals surface area (Å²) in [5.41, 5.74) is 0.727. The second kappa shape index (κ2) is 7.22. The summed E-state index contributed by atoms with van der Waals surface area (Å²) in [5.74, 6) is 0. The van der Waals surface area contributed by atoms with Crippen LogP contribution in [0.2, 0.25) is 0 Å². The van der Waals surface area contributed by atoms with Crippen molar-refractivity contribution >= 4 is 6.21 Å². The van der Waals surface area contributed by atoms with Gasteiger partial charge in [-0.15, -0.1) is 0 Å². The van der Waals surface area contributed by atoms with Crippen LogP contribution in [-0.2, 0) is 0 Å². The van der Waals surface area contributed by atoms with Crippen molar-refractivity contribution in [2.75, 3.05) is 6.61 Å². The standard InChI is InChI=1S/C9H15NO/c1-3-5-7-10-9(8-11)6-4-2/h3,5-7,11H,4,8H2,1-2H3/b5-3-,9-6+,10-7+. The molecule has 0 aliphatic heterocycles. The average molecular weight is 153 g/mol. The van der Waals surface area contributed by atoms with Crippen molar-refractivity contribution in [1.29, 1.82) is 0 Å². The van der Waals surface area contributed by atoms with E-state index in [1.807, 2.05) is 32.1 Å². The number of nitrogens with zero attached hydrogens (tertiary/aromatic N) is 1. The zero-order valence-corrected chi connectivity index (χ0v) is 7.12. The van der Waals surface area contributed by atoms with E-state index in [4.69, 9.17) is 5.11 Å². The zero-order valence-electron chi connectivity index (χ0n) is 7.12. The molecule has 0 radical (unpaired) electrons. The summed E-state index contributed by atoms with van der Waals surface area (Å²) >= 11 is 0. The molecule has 0 heterocycles. The molecule has 2 nitrogen and oxygen atoms in total. The molecule has 0 aromatic rings. The topological polar surface area (TPSA) is 32.6 Å². The van der Waals surface area contributed by atoms with E-state index in [1.165, 1.54) is 0 Å². The second-order valence-electron chi connectivity index (χ2n) is 2.07. The SMILES string of the molecule is C\C=C/C=N/C(=C/CC)CO. The minimum absolute atomic E-state index is 0.0158. The summed E-state index contributed by atoms with van der Waals surface area (Å²) in [6, 6.07) is 0. The molecule has 0 bridgehead atoms. The molecule has 0 aliphatic rings. The van der Waals surface area contributed by atoms with Crippen molar-refractivity contribution in [3.05, 3.63) is 23.9 Å². The lowest BCUT2D eigenvalue weighted by Gasteiger charge is -1.92. The second-order valence-corrected chi connectivity index (χ2v) is 2.07. The van der Waals surface area contributed by atoms with Crippen molar-refractivity contribution in [2.45, 2.75) is 20.3 Å². The lowest BCUT2D eigenvalue weighted by atomic mass is 10.3. The van der Waals surface area contributed by atoms with Gasteiger partial charge < -0.3 is 5.11 Å². The third-order valence-electron chi connectivity index (χ3n) is 1.12. The van der Waals surface area contributed by atoms with Crippen molar-refractivity contribution in [1.82, 2.24) is 0 Å². The van der Waals surface area contributed by atoms with Crippen molar-refractivity contribution in [3.63, 3.8) is 0 Å². The summed E-state index contributed by atoms with van der Waals surface area (Å²) in [5, 5.41) is 8.75. The molecule has 0 aliphatic carbocycles. The van der Waals surface area contributed by atoms with Gasteiger partial charge in [-0.3, -0.25) is 4.99 Å². The molecular weight excluding hydrogens is 138 g/mol. The lowest BCUT2D eigenvalue weighted by molar-refractivity contribution is 0.329. The first-order valence-electron chi connectivity index (χ1n) is 3.80. The van der Waals surface area contributed by atoms with E-state index in [0.717, 1.165) is 12.1 Å². The summed E-state index contributed by atoms with van der Waals surface area (Å²) in [4.78, 5) is 4.02. The van der Waals surface area contributed by atoms with Gasteiger partial charge in [0, 0.05) is 6.21 Å². The van der Waals surface area contributed by atoms with E-state index in [1.54, 1.807) is 6.21 Å². The normalized spacial score (nSPS) is 13.5. The Kier molecular flexibility index (Phi) is 6.64. The maximum atomic E-state index is 8.75. The quantitative estimate of drug-likeness (QED) is 0.615. The molecule has 0 fully saturated rings. The molecular formula is C9H15NO. The Bertz CT molecular complexity index is 168. The first kappa shape index (κ1) is 10.1. The van der Waals surface area contributed by atoms with Crippen LogP contribution in [0.15, 0.2) is 28.9 Å². The van der Waals surface area contributed by atoms with Gasteiger partial charge in [-0.2, -0.15) is 0 Å². The molecule has 0 rings (SSSR count). The largest absolute Gasteiger partial charge is 0.390 e. The number of hydrogen-bond donors (Lipinski definition) is 1. The van der Waals surface area contributed by atoms with E-state index in [0.29, 0.717) is 0 Å². The van der Waals surface area contributed by atoms with Crippen molar-refractivity contribution in [3.8, 4) is 0 Å². The molecule has 0 atom stereocenters.